The van der Waals surface area contributed by atoms with Crippen LogP contribution in [-0.2, 0) is 0 Å². The van der Waals surface area contributed by atoms with Gasteiger partial charge in [-0.25, -0.2) is 0 Å². The van der Waals surface area contributed by atoms with E-state index in [1.165, 1.54) is 66.0 Å². The zero-order valence-corrected chi connectivity index (χ0v) is 40.9. The highest BCUT2D eigenvalue weighted by Gasteiger charge is 2.55. The van der Waals surface area contributed by atoms with Crippen molar-refractivity contribution in [3.05, 3.63) is 248 Å². The van der Waals surface area contributed by atoms with Crippen LogP contribution in [0.4, 0.5) is 85.3 Å². The molecule has 12 aromatic rings. The Morgan fingerprint density at radius 3 is 1.13 bits per heavy atom. The third kappa shape index (κ3) is 5.60. The van der Waals surface area contributed by atoms with Gasteiger partial charge in [0.05, 0.1) is 28.4 Å². The molecule has 17 rings (SSSR count). The Kier molecular flexibility index (Phi) is 8.29. The Bertz CT molecular complexity index is 4330. The van der Waals surface area contributed by atoms with Gasteiger partial charge >= 0.3 is 0 Å². The van der Waals surface area contributed by atoms with Gasteiger partial charge in [0, 0.05) is 56.9 Å². The Morgan fingerprint density at radius 1 is 0.320 bits per heavy atom. The summed E-state index contributed by atoms with van der Waals surface area (Å²) in [6.45, 7) is 1.79. The molecule has 75 heavy (non-hydrogen) atoms. The van der Waals surface area contributed by atoms with Gasteiger partial charge in [-0.05, 0) is 153 Å². The SMILES string of the molecule is Cc1cc2c3c(c1)N1c4ccccc4N4c5cc(N(c6ccccc6)c6ccccc6)cc6c5B(c5cc7ccccc7cc5N6c5ccccc5)c5oc(c1c54)B3c1cc3ccccc3cc1N2c1ccccc1. The van der Waals surface area contributed by atoms with E-state index < -0.39 is 0 Å². The minimum absolute atomic E-state index is 0.204. The van der Waals surface area contributed by atoms with E-state index in [4.69, 9.17) is 4.42 Å². The summed E-state index contributed by atoms with van der Waals surface area (Å²) >= 11 is 0. The van der Waals surface area contributed by atoms with Crippen LogP contribution < -0.4 is 57.7 Å². The number of anilines is 15. The highest BCUT2D eigenvalue weighted by Crippen LogP contribution is 2.59. The molecular formula is C67H43B2N5O. The monoisotopic (exact) mass is 955 g/mol. The molecule has 0 radical (unpaired) electrons. The van der Waals surface area contributed by atoms with E-state index in [0.29, 0.717) is 0 Å². The molecule has 6 heterocycles. The fourth-order valence-electron chi connectivity index (χ4n) is 13.5. The summed E-state index contributed by atoms with van der Waals surface area (Å²) in [6.07, 6.45) is 0. The van der Waals surface area contributed by atoms with Gasteiger partial charge in [0.1, 0.15) is 11.4 Å². The second kappa shape index (κ2) is 15.2. The topological polar surface area (TPSA) is 29.3 Å². The lowest BCUT2D eigenvalue weighted by atomic mass is 9.35. The minimum Gasteiger partial charge on any atom is -0.480 e. The standard InChI is InChI=1S/C67H43B2N5O/c1-42-34-58-62-59(35-42)73-54-32-18-19-33-55(54)74-61-41-51(70(47-24-6-2-7-25-47)48-26-8-3-9-27-48)40-60-63(61)69(53-37-44-21-15-17-23-46(44)39-57(53)72(60)50-30-12-5-13-31-50)67-65(74)64(73)66(75-67)68(62)52-36-43-20-14-16-22-45(43)38-56(52)71(58)49-28-10-4-11-29-49/h2-41H,1H3. The molecule has 0 amide bonds. The van der Waals surface area contributed by atoms with Gasteiger partial charge in [-0.3, -0.25) is 0 Å². The molecule has 5 aliphatic rings. The summed E-state index contributed by atoms with van der Waals surface area (Å²) in [7, 11) is 0. The average molecular weight is 956 g/mol. The lowest BCUT2D eigenvalue weighted by Gasteiger charge is -2.48. The summed E-state index contributed by atoms with van der Waals surface area (Å²) < 4.78 is 8.07. The van der Waals surface area contributed by atoms with E-state index in [-0.39, 0.29) is 13.4 Å². The first-order valence-corrected chi connectivity index (χ1v) is 26.0. The lowest BCUT2D eigenvalue weighted by Crippen LogP contribution is -2.61. The van der Waals surface area contributed by atoms with E-state index in [0.717, 1.165) is 79.6 Å². The number of hydrogen-bond donors (Lipinski definition) is 0. The van der Waals surface area contributed by atoms with Crippen molar-refractivity contribution in [3.8, 4) is 0 Å². The molecule has 8 heteroatoms. The van der Waals surface area contributed by atoms with Crippen LogP contribution in [0, 0.1) is 6.92 Å². The largest absolute Gasteiger partial charge is 0.480 e. The van der Waals surface area contributed by atoms with Crippen LogP contribution in [0.1, 0.15) is 5.56 Å². The Morgan fingerprint density at radius 2 is 0.680 bits per heavy atom. The number of para-hydroxylation sites is 6. The molecule has 0 spiro atoms. The highest BCUT2D eigenvalue weighted by atomic mass is 16.3. The van der Waals surface area contributed by atoms with Crippen LogP contribution in [-0.4, -0.2) is 13.4 Å². The van der Waals surface area contributed by atoms with Gasteiger partial charge in [-0.15, -0.1) is 0 Å². The minimum atomic E-state index is -0.251. The molecule has 0 N–H and O–H groups in total. The summed E-state index contributed by atoms with van der Waals surface area (Å²) in [5, 5.41) is 4.81. The van der Waals surface area contributed by atoms with Gasteiger partial charge < -0.3 is 28.9 Å². The molecule has 11 aromatic carbocycles. The van der Waals surface area contributed by atoms with Crippen molar-refractivity contribution in [1.29, 1.82) is 0 Å². The van der Waals surface area contributed by atoms with Crippen molar-refractivity contribution in [1.82, 2.24) is 0 Å². The quantitative estimate of drug-likeness (QED) is 0.160. The summed E-state index contributed by atoms with van der Waals surface area (Å²) in [5.41, 5.74) is 24.8. The van der Waals surface area contributed by atoms with Crippen molar-refractivity contribution in [2.45, 2.75) is 6.92 Å². The maximum atomic E-state index is 8.07. The molecule has 5 aliphatic heterocycles. The Labute approximate surface area is 435 Å². The fraction of sp³-hybridized carbons (Fsp3) is 0.0149. The van der Waals surface area contributed by atoms with Gasteiger partial charge in [-0.2, -0.15) is 0 Å². The predicted octanol–water partition coefficient (Wildman–Crippen LogP) is 13.8. The molecule has 0 bridgehead atoms. The summed E-state index contributed by atoms with van der Waals surface area (Å²) in [5.74, 6) is 0. The fourth-order valence-corrected chi connectivity index (χ4v) is 13.5. The average Bonchev–Trinajstić information content (AvgIpc) is 4.08. The van der Waals surface area contributed by atoms with Gasteiger partial charge in [0.15, 0.2) is 0 Å². The van der Waals surface area contributed by atoms with Crippen LogP contribution in [0.3, 0.4) is 0 Å². The van der Waals surface area contributed by atoms with Gasteiger partial charge in [0.2, 0.25) is 0 Å². The number of nitrogens with zero attached hydrogens (tertiary/aromatic N) is 5. The molecule has 348 valence electrons. The van der Waals surface area contributed by atoms with E-state index in [9.17, 15) is 0 Å². The lowest BCUT2D eigenvalue weighted by molar-refractivity contribution is 0.634. The molecule has 0 fully saturated rings. The number of rotatable bonds is 5. The number of aryl methyl sites for hydroxylation is 1. The van der Waals surface area contributed by atoms with Crippen molar-refractivity contribution < 1.29 is 4.42 Å². The number of benzene rings is 11. The van der Waals surface area contributed by atoms with Gasteiger partial charge in [-0.1, -0.05) is 146 Å². The normalized spacial score (nSPS) is 13.8. The van der Waals surface area contributed by atoms with Crippen LogP contribution in [0.2, 0.25) is 0 Å². The van der Waals surface area contributed by atoms with Crippen molar-refractivity contribution in [3.63, 3.8) is 0 Å². The summed E-state index contributed by atoms with van der Waals surface area (Å²) in [6, 6.07) is 89.4. The molecule has 0 saturated carbocycles. The first-order chi connectivity index (χ1) is 37.1. The van der Waals surface area contributed by atoms with E-state index in [2.05, 4.69) is 274 Å². The van der Waals surface area contributed by atoms with E-state index in [1.807, 2.05) is 0 Å². The van der Waals surface area contributed by atoms with Crippen LogP contribution in [0.25, 0.3) is 21.5 Å². The molecule has 0 saturated heterocycles. The summed E-state index contributed by atoms with van der Waals surface area (Å²) in [4.78, 5) is 12.5. The zero-order valence-electron chi connectivity index (χ0n) is 40.9. The highest BCUT2D eigenvalue weighted by molar-refractivity contribution is 7.02. The number of fused-ring (bicyclic) bond motifs is 13. The maximum absolute atomic E-state index is 8.07. The van der Waals surface area contributed by atoms with Crippen molar-refractivity contribution in [2.75, 3.05) is 24.5 Å². The molecule has 0 aliphatic carbocycles. The Balaban J connectivity index is 1.02. The molecular weight excluding hydrogens is 912 g/mol. The maximum Gasteiger partial charge on any atom is 0.297 e. The Hall–Kier alpha value is -9.65. The van der Waals surface area contributed by atoms with Crippen molar-refractivity contribution >= 4 is 153 Å². The third-order valence-corrected chi connectivity index (χ3v) is 16.4. The smallest absolute Gasteiger partial charge is 0.297 e. The first kappa shape index (κ1) is 40.9. The van der Waals surface area contributed by atoms with E-state index >= 15 is 0 Å². The second-order valence-corrected chi connectivity index (χ2v) is 20.5. The van der Waals surface area contributed by atoms with Gasteiger partial charge in [0.25, 0.3) is 13.4 Å². The molecule has 6 nitrogen and oxygen atoms in total. The van der Waals surface area contributed by atoms with Crippen LogP contribution in [0.15, 0.2) is 247 Å². The number of furan rings is 1. The molecule has 1 aromatic heterocycles. The molecule has 0 unspecified atom stereocenters. The zero-order chi connectivity index (χ0) is 49.0. The first-order valence-electron chi connectivity index (χ1n) is 26.0. The second-order valence-electron chi connectivity index (χ2n) is 20.5. The third-order valence-electron chi connectivity index (χ3n) is 16.4. The predicted molar refractivity (Wildman–Crippen MR) is 315 cm³/mol. The van der Waals surface area contributed by atoms with E-state index in [1.54, 1.807) is 0 Å². The van der Waals surface area contributed by atoms with Crippen LogP contribution in [0.5, 0.6) is 0 Å². The molecule has 0 atom stereocenters. The van der Waals surface area contributed by atoms with Crippen LogP contribution >= 0.6 is 0 Å². The number of hydrogen-bond acceptors (Lipinski definition) is 6. The van der Waals surface area contributed by atoms with Crippen molar-refractivity contribution in [2.24, 2.45) is 0 Å².